The van der Waals surface area contributed by atoms with Gasteiger partial charge in [0, 0.05) is 25.7 Å². The molecule has 0 rings (SSSR count). The summed E-state index contributed by atoms with van der Waals surface area (Å²) in [6, 6.07) is 0. The number of carbonyl (C=O) groups excluding carboxylic acids is 4. The minimum Gasteiger partial charge on any atom is -0.462 e. The zero-order chi connectivity index (χ0) is 60.8. The molecule has 82 heavy (non-hydrogen) atoms. The Hall–Kier alpha value is -1.94. The van der Waals surface area contributed by atoms with Crippen LogP contribution in [0.4, 0.5) is 0 Å². The van der Waals surface area contributed by atoms with E-state index in [0.29, 0.717) is 31.6 Å². The molecule has 0 aliphatic rings. The summed E-state index contributed by atoms with van der Waals surface area (Å²) in [5, 5.41) is 10.5. The van der Waals surface area contributed by atoms with E-state index in [4.69, 9.17) is 37.0 Å². The Bertz CT molecular complexity index is 1620. The summed E-state index contributed by atoms with van der Waals surface area (Å²) < 4.78 is 67.8. The smallest absolute Gasteiger partial charge is 0.462 e. The molecule has 0 aromatic heterocycles. The maximum atomic E-state index is 13.0. The number of phosphoric acid groups is 2. The van der Waals surface area contributed by atoms with Crippen molar-refractivity contribution in [1.82, 2.24) is 0 Å². The standard InChI is InChI=1S/C63H122O17P2/c1-7-9-11-13-15-16-22-28-35-41-47-62(67)79-58(51-73-60(65)45-39-33-25-14-12-10-8-2)53-77-81(69,70)75-49-57(64)50-76-82(71,72)78-54-59(52-74-61(66)46-40-34-30-24-27-32-38-44-56(5)6)80-63(68)48-42-36-29-23-20-18-17-19-21-26-31-37-43-55(3)4/h55-59,64H,7-54H2,1-6H3,(H,69,70)(H,71,72)/t57-,58+,59+/m0/s1. The SMILES string of the molecule is CCCCCCCCCCCCC(=O)O[C@H](COC(=O)CCCCCCCCC)COP(=O)(O)OC[C@H](O)COP(=O)(O)OC[C@@H](COC(=O)CCCCCCCCCC(C)C)OC(=O)CCCCCCCCCCCCCCC(C)C. The molecule has 0 amide bonds. The molecule has 0 aliphatic heterocycles. The molecular formula is C63H122O17P2. The molecule has 0 aromatic carbocycles. The van der Waals surface area contributed by atoms with Crippen molar-refractivity contribution < 1.29 is 80.2 Å². The Morgan fingerprint density at radius 1 is 0.329 bits per heavy atom. The molecule has 0 aromatic rings. The molecule has 486 valence electrons. The summed E-state index contributed by atoms with van der Waals surface area (Å²) in [6.07, 6.45) is 37.7. The lowest BCUT2D eigenvalue weighted by atomic mass is 10.0. The van der Waals surface area contributed by atoms with Crippen LogP contribution in [0.3, 0.4) is 0 Å². The number of hydrogen-bond acceptors (Lipinski definition) is 15. The molecule has 0 aliphatic carbocycles. The summed E-state index contributed by atoms with van der Waals surface area (Å²) >= 11 is 0. The summed E-state index contributed by atoms with van der Waals surface area (Å²) in [5.41, 5.74) is 0. The van der Waals surface area contributed by atoms with Crippen molar-refractivity contribution in [3.05, 3.63) is 0 Å². The minimum atomic E-state index is -4.94. The number of ether oxygens (including phenoxy) is 4. The van der Waals surface area contributed by atoms with Gasteiger partial charge in [-0.2, -0.15) is 0 Å². The van der Waals surface area contributed by atoms with Crippen molar-refractivity contribution in [2.24, 2.45) is 11.8 Å². The van der Waals surface area contributed by atoms with E-state index in [-0.39, 0.29) is 25.7 Å². The van der Waals surface area contributed by atoms with Crippen LogP contribution in [0.2, 0.25) is 0 Å². The molecule has 5 atom stereocenters. The van der Waals surface area contributed by atoms with Crippen molar-refractivity contribution in [3.8, 4) is 0 Å². The molecule has 0 saturated carbocycles. The van der Waals surface area contributed by atoms with Crippen LogP contribution in [-0.2, 0) is 65.4 Å². The second-order valence-corrected chi connectivity index (χ2v) is 26.7. The van der Waals surface area contributed by atoms with Crippen molar-refractivity contribution in [2.45, 2.75) is 330 Å². The number of esters is 4. The van der Waals surface area contributed by atoms with Gasteiger partial charge in [0.2, 0.25) is 0 Å². The molecule has 0 radical (unpaired) electrons. The predicted molar refractivity (Wildman–Crippen MR) is 326 cm³/mol. The van der Waals surface area contributed by atoms with Gasteiger partial charge in [0.15, 0.2) is 12.2 Å². The van der Waals surface area contributed by atoms with Gasteiger partial charge in [0.25, 0.3) is 0 Å². The Morgan fingerprint density at radius 3 is 0.829 bits per heavy atom. The van der Waals surface area contributed by atoms with E-state index in [1.807, 2.05) is 0 Å². The van der Waals surface area contributed by atoms with Gasteiger partial charge in [0.1, 0.15) is 19.3 Å². The highest BCUT2D eigenvalue weighted by atomic mass is 31.2. The maximum absolute atomic E-state index is 13.0. The molecule has 0 bridgehead atoms. The zero-order valence-corrected chi connectivity index (χ0v) is 54.6. The molecule has 0 fully saturated rings. The fourth-order valence-electron chi connectivity index (χ4n) is 9.35. The molecule has 0 spiro atoms. The highest BCUT2D eigenvalue weighted by molar-refractivity contribution is 7.47. The Kier molecular flexibility index (Phi) is 54.3. The van der Waals surface area contributed by atoms with E-state index in [2.05, 4.69) is 41.5 Å². The van der Waals surface area contributed by atoms with Crippen LogP contribution < -0.4 is 0 Å². The van der Waals surface area contributed by atoms with Gasteiger partial charge in [-0.05, 0) is 37.5 Å². The van der Waals surface area contributed by atoms with E-state index in [9.17, 15) is 43.2 Å². The Balaban J connectivity index is 5.20. The third-order valence-corrected chi connectivity index (χ3v) is 16.4. The molecule has 17 nitrogen and oxygen atoms in total. The van der Waals surface area contributed by atoms with Crippen LogP contribution in [0.15, 0.2) is 0 Å². The third kappa shape index (κ3) is 57.2. The van der Waals surface area contributed by atoms with Crippen LogP contribution in [0.1, 0.15) is 311 Å². The quantitative estimate of drug-likeness (QED) is 0.0222. The first-order valence-corrected chi connectivity index (χ1v) is 36.0. The van der Waals surface area contributed by atoms with Gasteiger partial charge < -0.3 is 33.8 Å². The highest BCUT2D eigenvalue weighted by Gasteiger charge is 2.30. The van der Waals surface area contributed by atoms with Crippen molar-refractivity contribution in [2.75, 3.05) is 39.6 Å². The molecule has 2 unspecified atom stereocenters. The van der Waals surface area contributed by atoms with Crippen LogP contribution in [0, 0.1) is 11.8 Å². The lowest BCUT2D eigenvalue weighted by molar-refractivity contribution is -0.161. The third-order valence-electron chi connectivity index (χ3n) is 14.5. The van der Waals surface area contributed by atoms with Crippen LogP contribution >= 0.6 is 15.6 Å². The van der Waals surface area contributed by atoms with Gasteiger partial charge in [-0.3, -0.25) is 37.3 Å². The summed E-state index contributed by atoms with van der Waals surface area (Å²) in [5.74, 6) is -0.658. The molecule has 3 N–H and O–H groups in total. The summed E-state index contributed by atoms with van der Waals surface area (Å²) in [6.45, 7) is 9.39. The monoisotopic (exact) mass is 1210 g/mol. The largest absolute Gasteiger partial charge is 0.472 e. The summed E-state index contributed by atoms with van der Waals surface area (Å²) in [4.78, 5) is 72.0. The summed E-state index contributed by atoms with van der Waals surface area (Å²) in [7, 11) is -9.88. The second-order valence-electron chi connectivity index (χ2n) is 23.7. The molecule has 19 heteroatoms. The number of aliphatic hydroxyl groups is 1. The Morgan fingerprint density at radius 2 is 0.561 bits per heavy atom. The van der Waals surface area contributed by atoms with Gasteiger partial charge in [-0.15, -0.1) is 0 Å². The first-order valence-electron chi connectivity index (χ1n) is 33.0. The van der Waals surface area contributed by atoms with Crippen molar-refractivity contribution in [3.63, 3.8) is 0 Å². The van der Waals surface area contributed by atoms with E-state index < -0.39 is 97.5 Å². The number of phosphoric ester groups is 2. The predicted octanol–water partition coefficient (Wildman–Crippen LogP) is 17.3. The number of carbonyl (C=O) groups is 4. The van der Waals surface area contributed by atoms with Crippen molar-refractivity contribution in [1.29, 1.82) is 0 Å². The second kappa shape index (κ2) is 55.6. The topological polar surface area (TPSA) is 237 Å². The normalized spacial score (nSPS) is 14.3. The lowest BCUT2D eigenvalue weighted by Crippen LogP contribution is -2.30. The van der Waals surface area contributed by atoms with Crippen LogP contribution in [-0.4, -0.2) is 96.7 Å². The Labute approximate surface area is 498 Å². The van der Waals surface area contributed by atoms with Gasteiger partial charge in [0.05, 0.1) is 26.4 Å². The fourth-order valence-corrected chi connectivity index (χ4v) is 10.9. The average molecular weight is 1210 g/mol. The van der Waals surface area contributed by atoms with E-state index in [1.165, 1.54) is 109 Å². The van der Waals surface area contributed by atoms with Gasteiger partial charge >= 0.3 is 39.5 Å². The first kappa shape index (κ1) is 80.1. The van der Waals surface area contributed by atoms with E-state index in [1.54, 1.807) is 0 Å². The number of hydrogen-bond donors (Lipinski definition) is 3. The molecule has 0 heterocycles. The average Bonchev–Trinajstić information content (AvgIpc) is 3.44. The first-order chi connectivity index (χ1) is 39.4. The molecule has 0 saturated heterocycles. The number of aliphatic hydroxyl groups excluding tert-OH is 1. The highest BCUT2D eigenvalue weighted by Crippen LogP contribution is 2.45. The lowest BCUT2D eigenvalue weighted by Gasteiger charge is -2.21. The minimum absolute atomic E-state index is 0.106. The number of unbranched alkanes of at least 4 members (excludes halogenated alkanes) is 32. The fraction of sp³-hybridized carbons (Fsp3) is 0.937. The number of rotatable bonds is 62. The van der Waals surface area contributed by atoms with Gasteiger partial charge in [-0.1, -0.05) is 260 Å². The van der Waals surface area contributed by atoms with E-state index in [0.717, 1.165) is 115 Å². The van der Waals surface area contributed by atoms with E-state index >= 15 is 0 Å². The molecular weight excluding hydrogens is 1090 g/mol. The van der Waals surface area contributed by atoms with Gasteiger partial charge in [-0.25, -0.2) is 9.13 Å². The maximum Gasteiger partial charge on any atom is 0.472 e. The van der Waals surface area contributed by atoms with Crippen LogP contribution in [0.25, 0.3) is 0 Å². The zero-order valence-electron chi connectivity index (χ0n) is 52.8. The van der Waals surface area contributed by atoms with Crippen LogP contribution in [0.5, 0.6) is 0 Å². The van der Waals surface area contributed by atoms with Crippen molar-refractivity contribution >= 4 is 39.5 Å².